The van der Waals surface area contributed by atoms with E-state index in [0.717, 1.165) is 16.8 Å². The number of nitrogens with zero attached hydrogens (tertiary/aromatic N) is 2. The zero-order chi connectivity index (χ0) is 17.6. The number of hydrogen-bond acceptors (Lipinski definition) is 3. The number of aryl methyl sites for hydroxylation is 1. The van der Waals surface area contributed by atoms with E-state index in [0.29, 0.717) is 18.5 Å². The zero-order valence-corrected chi connectivity index (χ0v) is 14.1. The first-order valence-corrected chi connectivity index (χ1v) is 8.25. The second kappa shape index (κ2) is 7.77. The standard InChI is InChI=1S/C20H21N3O2/c1-23-19(16-10-6-3-7-11-16)17(14-22-23)20(25)21-13-12-18(24)15-8-4-2-5-9-15/h2-11,14,18,24H,12-13H2,1H3,(H,21,25). The molecule has 0 aliphatic carbocycles. The van der Waals surface area contributed by atoms with E-state index in [-0.39, 0.29) is 5.91 Å². The van der Waals surface area contributed by atoms with Gasteiger partial charge in [0.25, 0.3) is 5.91 Å². The van der Waals surface area contributed by atoms with Gasteiger partial charge in [0.1, 0.15) is 0 Å². The van der Waals surface area contributed by atoms with Crippen molar-refractivity contribution in [2.45, 2.75) is 12.5 Å². The van der Waals surface area contributed by atoms with Gasteiger partial charge >= 0.3 is 0 Å². The van der Waals surface area contributed by atoms with E-state index in [1.54, 1.807) is 10.9 Å². The number of benzene rings is 2. The summed E-state index contributed by atoms with van der Waals surface area (Å²) in [6.07, 6.45) is 1.44. The number of aliphatic hydroxyl groups is 1. The molecule has 2 N–H and O–H groups in total. The van der Waals surface area contributed by atoms with E-state index >= 15 is 0 Å². The third-order valence-corrected chi connectivity index (χ3v) is 4.12. The van der Waals surface area contributed by atoms with Crippen molar-refractivity contribution in [3.8, 4) is 11.3 Å². The maximum Gasteiger partial charge on any atom is 0.255 e. The molecule has 5 heteroatoms. The minimum atomic E-state index is -0.594. The minimum absolute atomic E-state index is 0.188. The second-order valence-corrected chi connectivity index (χ2v) is 5.87. The summed E-state index contributed by atoms with van der Waals surface area (Å²) in [7, 11) is 1.82. The van der Waals surface area contributed by atoms with Crippen LogP contribution in [-0.4, -0.2) is 27.3 Å². The van der Waals surface area contributed by atoms with Gasteiger partial charge in [-0.3, -0.25) is 9.48 Å². The summed E-state index contributed by atoms with van der Waals surface area (Å²) in [6.45, 7) is 0.387. The normalized spacial score (nSPS) is 11.9. The summed E-state index contributed by atoms with van der Waals surface area (Å²) in [4.78, 5) is 12.5. The first kappa shape index (κ1) is 16.9. The van der Waals surface area contributed by atoms with Gasteiger partial charge in [0.2, 0.25) is 0 Å². The van der Waals surface area contributed by atoms with E-state index in [2.05, 4.69) is 10.4 Å². The molecule has 0 fully saturated rings. The van der Waals surface area contributed by atoms with Crippen LogP contribution in [0.25, 0.3) is 11.3 Å². The summed E-state index contributed by atoms with van der Waals surface area (Å²) in [5.74, 6) is -0.188. The van der Waals surface area contributed by atoms with Gasteiger partial charge in [-0.15, -0.1) is 0 Å². The SMILES string of the molecule is Cn1ncc(C(=O)NCCC(O)c2ccccc2)c1-c1ccccc1. The molecule has 1 atom stereocenters. The quantitative estimate of drug-likeness (QED) is 0.728. The molecule has 0 saturated heterocycles. The van der Waals surface area contributed by atoms with Crippen LogP contribution < -0.4 is 5.32 Å². The number of aliphatic hydroxyl groups excluding tert-OH is 1. The molecular formula is C20H21N3O2. The van der Waals surface area contributed by atoms with E-state index < -0.39 is 6.10 Å². The highest BCUT2D eigenvalue weighted by molar-refractivity contribution is 5.99. The van der Waals surface area contributed by atoms with Crippen LogP contribution in [0.2, 0.25) is 0 Å². The molecule has 1 unspecified atom stereocenters. The maximum atomic E-state index is 12.5. The van der Waals surface area contributed by atoms with Gasteiger partial charge in [0.15, 0.2) is 0 Å². The molecule has 0 bridgehead atoms. The summed E-state index contributed by atoms with van der Waals surface area (Å²) in [5, 5.41) is 17.3. The minimum Gasteiger partial charge on any atom is -0.388 e. The Kier molecular flexibility index (Phi) is 5.26. The highest BCUT2D eigenvalue weighted by Gasteiger charge is 2.17. The highest BCUT2D eigenvalue weighted by atomic mass is 16.3. The first-order chi connectivity index (χ1) is 12.2. The topological polar surface area (TPSA) is 67.2 Å². The second-order valence-electron chi connectivity index (χ2n) is 5.87. The number of aromatic nitrogens is 2. The Morgan fingerprint density at radius 2 is 1.76 bits per heavy atom. The molecule has 1 heterocycles. The van der Waals surface area contributed by atoms with Crippen LogP contribution in [0.15, 0.2) is 66.9 Å². The monoisotopic (exact) mass is 335 g/mol. The number of amides is 1. The van der Waals surface area contributed by atoms with Gasteiger partial charge in [-0.2, -0.15) is 5.10 Å². The van der Waals surface area contributed by atoms with Gasteiger partial charge in [-0.05, 0) is 12.0 Å². The average Bonchev–Trinajstić information content (AvgIpc) is 3.04. The molecule has 0 spiro atoms. The highest BCUT2D eigenvalue weighted by Crippen LogP contribution is 2.23. The van der Waals surface area contributed by atoms with Gasteiger partial charge in [-0.25, -0.2) is 0 Å². The summed E-state index contributed by atoms with van der Waals surface area (Å²) in [6, 6.07) is 19.1. The Labute approximate surface area is 146 Å². The van der Waals surface area contributed by atoms with E-state index in [9.17, 15) is 9.90 Å². The Morgan fingerprint density at radius 3 is 2.44 bits per heavy atom. The molecule has 0 saturated carbocycles. The van der Waals surface area contributed by atoms with Gasteiger partial charge in [0, 0.05) is 19.2 Å². The Balaban J connectivity index is 1.65. The van der Waals surface area contributed by atoms with Crippen molar-refractivity contribution in [1.29, 1.82) is 0 Å². The molecular weight excluding hydrogens is 314 g/mol. The lowest BCUT2D eigenvalue weighted by molar-refractivity contribution is 0.0943. The Hall–Kier alpha value is -2.92. The summed E-state index contributed by atoms with van der Waals surface area (Å²) >= 11 is 0. The van der Waals surface area contributed by atoms with Crippen molar-refractivity contribution in [3.05, 3.63) is 78.0 Å². The van der Waals surface area contributed by atoms with Crippen LogP contribution >= 0.6 is 0 Å². The van der Waals surface area contributed by atoms with Crippen molar-refractivity contribution in [3.63, 3.8) is 0 Å². The summed E-state index contributed by atoms with van der Waals surface area (Å²) in [5.41, 5.74) is 3.10. The van der Waals surface area contributed by atoms with Gasteiger partial charge < -0.3 is 10.4 Å². The fourth-order valence-electron chi connectivity index (χ4n) is 2.80. The molecule has 0 aliphatic heterocycles. The van der Waals surface area contributed by atoms with Crippen molar-refractivity contribution in [2.24, 2.45) is 7.05 Å². The number of carbonyl (C=O) groups excluding carboxylic acids is 1. The number of nitrogens with one attached hydrogen (secondary N) is 1. The fraction of sp³-hybridized carbons (Fsp3) is 0.200. The largest absolute Gasteiger partial charge is 0.388 e. The van der Waals surface area contributed by atoms with E-state index in [4.69, 9.17) is 0 Å². The van der Waals surface area contributed by atoms with Crippen LogP contribution in [0.4, 0.5) is 0 Å². The van der Waals surface area contributed by atoms with Gasteiger partial charge in [0.05, 0.1) is 23.6 Å². The Bertz CT molecular complexity index is 829. The molecule has 128 valence electrons. The average molecular weight is 335 g/mol. The lowest BCUT2D eigenvalue weighted by atomic mass is 10.1. The summed E-state index contributed by atoms with van der Waals surface area (Å²) < 4.78 is 1.70. The first-order valence-electron chi connectivity index (χ1n) is 8.25. The van der Waals surface area contributed by atoms with Crippen LogP contribution in [0.1, 0.15) is 28.4 Å². The zero-order valence-electron chi connectivity index (χ0n) is 14.1. The van der Waals surface area contributed by atoms with E-state index in [1.807, 2.05) is 67.7 Å². The van der Waals surface area contributed by atoms with Crippen molar-refractivity contribution in [1.82, 2.24) is 15.1 Å². The smallest absolute Gasteiger partial charge is 0.255 e. The molecule has 5 nitrogen and oxygen atoms in total. The molecule has 25 heavy (non-hydrogen) atoms. The lowest BCUT2D eigenvalue weighted by Crippen LogP contribution is -2.26. The van der Waals surface area contributed by atoms with E-state index in [1.165, 1.54) is 0 Å². The fourth-order valence-corrected chi connectivity index (χ4v) is 2.80. The lowest BCUT2D eigenvalue weighted by Gasteiger charge is -2.12. The number of carbonyl (C=O) groups is 1. The third kappa shape index (κ3) is 3.95. The molecule has 3 rings (SSSR count). The molecule has 3 aromatic rings. The Morgan fingerprint density at radius 1 is 1.12 bits per heavy atom. The van der Waals surface area contributed by atoms with Crippen LogP contribution in [0.3, 0.4) is 0 Å². The molecule has 1 amide bonds. The molecule has 0 radical (unpaired) electrons. The third-order valence-electron chi connectivity index (χ3n) is 4.12. The van der Waals surface area contributed by atoms with Crippen molar-refractivity contribution < 1.29 is 9.90 Å². The molecule has 0 aliphatic rings. The molecule has 1 aromatic heterocycles. The number of rotatable bonds is 6. The van der Waals surface area contributed by atoms with Crippen molar-refractivity contribution >= 4 is 5.91 Å². The molecule has 2 aromatic carbocycles. The maximum absolute atomic E-state index is 12.5. The van der Waals surface area contributed by atoms with Crippen molar-refractivity contribution in [2.75, 3.05) is 6.54 Å². The van der Waals surface area contributed by atoms with Crippen LogP contribution in [0.5, 0.6) is 0 Å². The van der Waals surface area contributed by atoms with Gasteiger partial charge in [-0.1, -0.05) is 60.7 Å². The predicted molar refractivity (Wildman–Crippen MR) is 97.0 cm³/mol. The van der Waals surface area contributed by atoms with Crippen LogP contribution in [-0.2, 0) is 7.05 Å². The van der Waals surface area contributed by atoms with Crippen LogP contribution in [0, 0.1) is 0 Å². The number of hydrogen-bond donors (Lipinski definition) is 2. The predicted octanol–water partition coefficient (Wildman–Crippen LogP) is 2.94.